The number of aryl methyl sites for hydroxylation is 1. The van der Waals surface area contributed by atoms with Crippen LogP contribution in [0.3, 0.4) is 0 Å². The van der Waals surface area contributed by atoms with Crippen LogP contribution in [0.1, 0.15) is 5.76 Å². The van der Waals surface area contributed by atoms with Crippen LogP contribution in [-0.4, -0.2) is 63.5 Å². The topological polar surface area (TPSA) is 93.0 Å². The normalized spacial score (nSPS) is 16.2. The van der Waals surface area contributed by atoms with E-state index in [-0.39, 0.29) is 18.3 Å². The van der Waals surface area contributed by atoms with Gasteiger partial charge in [0.2, 0.25) is 15.9 Å². The second-order valence-corrected chi connectivity index (χ2v) is 6.47. The van der Waals surface area contributed by atoms with Crippen molar-refractivity contribution in [3.63, 3.8) is 0 Å². The molecule has 2 rings (SSSR count). The Bertz CT molecular complexity index is 577. The average Bonchev–Trinajstić information content (AvgIpc) is 2.81. The van der Waals surface area contributed by atoms with Crippen molar-refractivity contribution in [1.82, 2.24) is 10.1 Å². The van der Waals surface area contributed by atoms with Gasteiger partial charge < -0.3 is 14.2 Å². The minimum absolute atomic E-state index is 0.117. The van der Waals surface area contributed by atoms with Gasteiger partial charge in [-0.15, -0.1) is 0 Å². The fraction of sp³-hybridized carbons (Fsp3) is 0.636. The van der Waals surface area contributed by atoms with Crippen LogP contribution in [0.15, 0.2) is 10.6 Å². The zero-order valence-electron chi connectivity index (χ0n) is 11.4. The van der Waals surface area contributed by atoms with Gasteiger partial charge in [-0.25, -0.2) is 12.7 Å². The smallest absolute Gasteiger partial charge is 0.243 e. The molecule has 0 atom stereocenters. The summed E-state index contributed by atoms with van der Waals surface area (Å²) in [7, 11) is -3.61. The number of rotatable bonds is 4. The summed E-state index contributed by atoms with van der Waals surface area (Å²) < 4.78 is 34.6. The summed E-state index contributed by atoms with van der Waals surface area (Å²) in [6.07, 6.45) is 1.03. The zero-order valence-corrected chi connectivity index (χ0v) is 12.2. The van der Waals surface area contributed by atoms with Crippen LogP contribution in [0.25, 0.3) is 0 Å². The Balaban J connectivity index is 2.14. The van der Waals surface area contributed by atoms with Crippen molar-refractivity contribution < 1.29 is 22.5 Å². The van der Waals surface area contributed by atoms with Gasteiger partial charge in [0, 0.05) is 19.2 Å². The lowest BCUT2D eigenvalue weighted by molar-refractivity contribution is -0.133. The molecule has 1 fully saturated rings. The van der Waals surface area contributed by atoms with Gasteiger partial charge in [-0.05, 0) is 6.92 Å². The van der Waals surface area contributed by atoms with Crippen LogP contribution in [0, 0.1) is 6.92 Å². The Morgan fingerprint density at radius 1 is 1.45 bits per heavy atom. The van der Waals surface area contributed by atoms with Gasteiger partial charge in [-0.1, -0.05) is 5.16 Å². The number of nitrogens with zero attached hydrogens (tertiary/aromatic N) is 3. The van der Waals surface area contributed by atoms with Gasteiger partial charge in [-0.3, -0.25) is 4.79 Å². The van der Waals surface area contributed by atoms with Gasteiger partial charge in [0.15, 0.2) is 5.82 Å². The zero-order chi connectivity index (χ0) is 14.8. The molecule has 1 saturated heterocycles. The fourth-order valence-corrected chi connectivity index (χ4v) is 2.65. The number of hydrogen-bond donors (Lipinski definition) is 0. The Kier molecular flexibility index (Phi) is 4.29. The van der Waals surface area contributed by atoms with E-state index >= 15 is 0 Å². The Hall–Kier alpha value is -1.61. The van der Waals surface area contributed by atoms with Crippen LogP contribution < -0.4 is 4.31 Å². The highest BCUT2D eigenvalue weighted by molar-refractivity contribution is 7.92. The second kappa shape index (κ2) is 5.80. The first kappa shape index (κ1) is 14.8. The molecule has 1 aliphatic rings. The highest BCUT2D eigenvalue weighted by Gasteiger charge is 2.27. The largest absolute Gasteiger partial charge is 0.378 e. The van der Waals surface area contributed by atoms with E-state index in [1.54, 1.807) is 11.8 Å². The summed E-state index contributed by atoms with van der Waals surface area (Å²) in [5.74, 6) is 0.318. The second-order valence-electron chi connectivity index (χ2n) is 4.56. The molecule has 1 aromatic rings. The van der Waals surface area contributed by atoms with E-state index in [2.05, 4.69) is 5.16 Å². The molecular formula is C11H17N3O5S. The lowest BCUT2D eigenvalue weighted by Gasteiger charge is -2.29. The minimum atomic E-state index is -3.61. The van der Waals surface area contributed by atoms with Crippen LogP contribution in [0.2, 0.25) is 0 Å². The molecule has 9 heteroatoms. The predicted molar refractivity (Wildman–Crippen MR) is 70.8 cm³/mol. The van der Waals surface area contributed by atoms with Gasteiger partial charge in [0.25, 0.3) is 0 Å². The number of hydrogen-bond acceptors (Lipinski definition) is 6. The van der Waals surface area contributed by atoms with Crippen molar-refractivity contribution in [2.75, 3.05) is 43.4 Å². The number of amides is 1. The molecule has 0 unspecified atom stereocenters. The maximum absolute atomic E-state index is 12.1. The standard InChI is InChI=1S/C11H17N3O5S/c1-9-7-10(12-19-9)14(20(2,16)17)8-11(15)13-3-5-18-6-4-13/h7H,3-6,8H2,1-2H3. The average molecular weight is 303 g/mol. The van der Waals surface area contributed by atoms with Gasteiger partial charge >= 0.3 is 0 Å². The molecule has 1 aromatic heterocycles. The van der Waals surface area contributed by atoms with E-state index in [0.29, 0.717) is 32.1 Å². The summed E-state index contributed by atoms with van der Waals surface area (Å²) in [6, 6.07) is 1.48. The van der Waals surface area contributed by atoms with E-state index in [4.69, 9.17) is 9.26 Å². The Labute approximate surface area is 117 Å². The predicted octanol–water partition coefficient (Wildman–Crippen LogP) is -0.392. The first-order valence-electron chi connectivity index (χ1n) is 6.14. The fourth-order valence-electron chi connectivity index (χ4n) is 1.87. The molecule has 0 spiro atoms. The summed E-state index contributed by atoms with van der Waals surface area (Å²) in [6.45, 7) is 3.23. The SMILES string of the molecule is Cc1cc(N(CC(=O)N2CCOCC2)S(C)(=O)=O)no1. The number of sulfonamides is 1. The van der Waals surface area contributed by atoms with E-state index in [0.717, 1.165) is 10.6 Å². The Morgan fingerprint density at radius 2 is 2.10 bits per heavy atom. The quantitative estimate of drug-likeness (QED) is 0.752. The van der Waals surface area contributed by atoms with Gasteiger partial charge in [0.05, 0.1) is 19.5 Å². The maximum atomic E-state index is 12.1. The molecule has 0 bridgehead atoms. The minimum Gasteiger partial charge on any atom is -0.378 e. The van der Waals surface area contributed by atoms with Crippen molar-refractivity contribution in [2.45, 2.75) is 6.92 Å². The molecule has 0 N–H and O–H groups in total. The molecule has 0 aromatic carbocycles. The van der Waals surface area contributed by atoms with E-state index in [9.17, 15) is 13.2 Å². The van der Waals surface area contributed by atoms with Crippen molar-refractivity contribution in [3.05, 3.63) is 11.8 Å². The summed E-state index contributed by atoms with van der Waals surface area (Å²) in [5.41, 5.74) is 0. The monoisotopic (exact) mass is 303 g/mol. The van der Waals surface area contributed by atoms with Crippen molar-refractivity contribution in [1.29, 1.82) is 0 Å². The number of morpholine rings is 1. The third-order valence-electron chi connectivity index (χ3n) is 2.91. The first-order chi connectivity index (χ1) is 9.38. The van der Waals surface area contributed by atoms with Crippen molar-refractivity contribution >= 4 is 21.7 Å². The molecule has 0 saturated carbocycles. The van der Waals surface area contributed by atoms with Gasteiger partial charge in [0.1, 0.15) is 12.3 Å². The lowest BCUT2D eigenvalue weighted by atomic mass is 10.4. The number of ether oxygens (including phenoxy) is 1. The molecule has 112 valence electrons. The third-order valence-corrected chi connectivity index (χ3v) is 4.03. The highest BCUT2D eigenvalue weighted by Crippen LogP contribution is 2.17. The number of carbonyl (C=O) groups is 1. The third kappa shape index (κ3) is 3.48. The number of anilines is 1. The maximum Gasteiger partial charge on any atom is 0.243 e. The Morgan fingerprint density at radius 3 is 2.60 bits per heavy atom. The molecule has 0 aliphatic carbocycles. The molecule has 2 heterocycles. The molecule has 0 radical (unpaired) electrons. The first-order valence-corrected chi connectivity index (χ1v) is 7.99. The van der Waals surface area contributed by atoms with Crippen LogP contribution >= 0.6 is 0 Å². The van der Waals surface area contributed by atoms with Gasteiger partial charge in [-0.2, -0.15) is 0 Å². The highest BCUT2D eigenvalue weighted by atomic mass is 32.2. The summed E-state index contributed by atoms with van der Waals surface area (Å²) in [5, 5.41) is 3.66. The molecule has 20 heavy (non-hydrogen) atoms. The van der Waals surface area contributed by atoms with Crippen LogP contribution in [-0.2, 0) is 19.6 Å². The summed E-state index contributed by atoms with van der Waals surface area (Å²) in [4.78, 5) is 13.7. The van der Waals surface area contributed by atoms with E-state index in [1.165, 1.54) is 6.07 Å². The lowest BCUT2D eigenvalue weighted by Crippen LogP contribution is -2.47. The molecular weight excluding hydrogens is 286 g/mol. The summed E-state index contributed by atoms with van der Waals surface area (Å²) >= 11 is 0. The van der Waals surface area contributed by atoms with E-state index < -0.39 is 10.0 Å². The number of carbonyl (C=O) groups excluding carboxylic acids is 1. The van der Waals surface area contributed by atoms with Crippen LogP contribution in [0.4, 0.5) is 5.82 Å². The van der Waals surface area contributed by atoms with Crippen molar-refractivity contribution in [3.8, 4) is 0 Å². The molecule has 8 nitrogen and oxygen atoms in total. The van der Waals surface area contributed by atoms with Crippen molar-refractivity contribution in [2.24, 2.45) is 0 Å². The number of aromatic nitrogens is 1. The van der Waals surface area contributed by atoms with E-state index in [1.807, 2.05) is 0 Å². The molecule has 1 aliphatic heterocycles. The van der Waals surface area contributed by atoms with Crippen LogP contribution in [0.5, 0.6) is 0 Å². The molecule has 1 amide bonds.